The normalized spacial score (nSPS) is 29.0. The summed E-state index contributed by atoms with van der Waals surface area (Å²) in [6.07, 6.45) is 1.87. The monoisotopic (exact) mass is 191 g/mol. The first-order chi connectivity index (χ1) is 6.77. The Morgan fingerprint density at radius 3 is 2.57 bits per heavy atom. The third kappa shape index (κ3) is 1.97. The van der Waals surface area contributed by atoms with Gasteiger partial charge < -0.3 is 10.4 Å². The molecular weight excluding hydrogens is 174 g/mol. The van der Waals surface area contributed by atoms with E-state index in [1.54, 1.807) is 0 Å². The van der Waals surface area contributed by atoms with E-state index in [4.69, 9.17) is 0 Å². The van der Waals surface area contributed by atoms with Crippen LogP contribution in [0.5, 0.6) is 0 Å². The summed E-state index contributed by atoms with van der Waals surface area (Å²) in [5.41, 5.74) is 1.01. The van der Waals surface area contributed by atoms with Crippen molar-refractivity contribution in [3.05, 3.63) is 35.9 Å². The lowest BCUT2D eigenvalue weighted by atomic mass is 10.0. The molecule has 3 atom stereocenters. The summed E-state index contributed by atoms with van der Waals surface area (Å²) in [4.78, 5) is 0. The maximum atomic E-state index is 10.1. The standard InChI is InChI=1S/C12H17NO/c1-9-7-8-11(13-9)12(14)10-5-3-2-4-6-10/h2-6,9,11-14H,7-8H2,1H3/t9-,11-,12-/m0/s1. The number of hydrogen-bond donors (Lipinski definition) is 2. The third-order valence-electron chi connectivity index (χ3n) is 2.93. The Bertz CT molecular complexity index is 286. The fourth-order valence-electron chi connectivity index (χ4n) is 2.09. The molecule has 0 saturated carbocycles. The second-order valence-corrected chi connectivity index (χ2v) is 4.11. The Balaban J connectivity index is 2.05. The van der Waals surface area contributed by atoms with E-state index in [0.717, 1.165) is 18.4 Å². The highest BCUT2D eigenvalue weighted by atomic mass is 16.3. The molecule has 0 aromatic heterocycles. The Hall–Kier alpha value is -0.860. The lowest BCUT2D eigenvalue weighted by Crippen LogP contribution is -2.32. The van der Waals surface area contributed by atoms with Gasteiger partial charge in [-0.2, -0.15) is 0 Å². The molecule has 1 aliphatic heterocycles. The van der Waals surface area contributed by atoms with Gasteiger partial charge in [-0.15, -0.1) is 0 Å². The van der Waals surface area contributed by atoms with Gasteiger partial charge in [0.1, 0.15) is 0 Å². The minimum absolute atomic E-state index is 0.229. The van der Waals surface area contributed by atoms with E-state index in [9.17, 15) is 5.11 Å². The summed E-state index contributed by atoms with van der Waals surface area (Å²) in [6, 6.07) is 10.6. The van der Waals surface area contributed by atoms with Crippen LogP contribution >= 0.6 is 0 Å². The second-order valence-electron chi connectivity index (χ2n) is 4.11. The molecule has 2 heteroatoms. The highest BCUT2D eigenvalue weighted by Gasteiger charge is 2.27. The average Bonchev–Trinajstić information content (AvgIpc) is 2.65. The Morgan fingerprint density at radius 1 is 1.29 bits per heavy atom. The molecule has 0 aliphatic carbocycles. The van der Waals surface area contributed by atoms with E-state index in [2.05, 4.69) is 12.2 Å². The zero-order valence-corrected chi connectivity index (χ0v) is 8.48. The molecule has 1 heterocycles. The van der Waals surface area contributed by atoms with Crippen molar-refractivity contribution in [1.29, 1.82) is 0 Å². The van der Waals surface area contributed by atoms with E-state index in [1.807, 2.05) is 30.3 Å². The van der Waals surface area contributed by atoms with Crippen molar-refractivity contribution in [3.63, 3.8) is 0 Å². The zero-order valence-electron chi connectivity index (χ0n) is 8.48. The van der Waals surface area contributed by atoms with Crippen molar-refractivity contribution in [2.24, 2.45) is 0 Å². The highest BCUT2D eigenvalue weighted by Crippen LogP contribution is 2.24. The summed E-state index contributed by atoms with van der Waals surface area (Å²) < 4.78 is 0. The van der Waals surface area contributed by atoms with Gasteiger partial charge in [-0.25, -0.2) is 0 Å². The van der Waals surface area contributed by atoms with Crippen molar-refractivity contribution in [1.82, 2.24) is 5.32 Å². The fraction of sp³-hybridized carbons (Fsp3) is 0.500. The number of nitrogens with one attached hydrogen (secondary N) is 1. The van der Waals surface area contributed by atoms with Crippen LogP contribution in [0.15, 0.2) is 30.3 Å². The molecule has 76 valence electrons. The quantitative estimate of drug-likeness (QED) is 0.748. The Morgan fingerprint density at radius 2 is 2.00 bits per heavy atom. The van der Waals surface area contributed by atoms with E-state index < -0.39 is 0 Å². The molecular formula is C12H17NO. The van der Waals surface area contributed by atoms with Gasteiger partial charge in [-0.05, 0) is 25.3 Å². The third-order valence-corrected chi connectivity index (χ3v) is 2.93. The van der Waals surface area contributed by atoms with Gasteiger partial charge in [0, 0.05) is 12.1 Å². The lowest BCUT2D eigenvalue weighted by Gasteiger charge is -2.19. The van der Waals surface area contributed by atoms with Gasteiger partial charge in [0.25, 0.3) is 0 Å². The van der Waals surface area contributed by atoms with E-state index >= 15 is 0 Å². The largest absolute Gasteiger partial charge is 0.387 e. The number of benzene rings is 1. The van der Waals surface area contributed by atoms with Crippen LogP contribution in [0, 0.1) is 0 Å². The van der Waals surface area contributed by atoms with Crippen molar-refractivity contribution in [3.8, 4) is 0 Å². The molecule has 1 saturated heterocycles. The molecule has 2 rings (SSSR count). The predicted molar refractivity (Wildman–Crippen MR) is 57.0 cm³/mol. The molecule has 1 aromatic carbocycles. The van der Waals surface area contributed by atoms with Crippen molar-refractivity contribution < 1.29 is 5.11 Å². The first-order valence-corrected chi connectivity index (χ1v) is 5.26. The van der Waals surface area contributed by atoms with Crippen LogP contribution in [-0.4, -0.2) is 17.2 Å². The highest BCUT2D eigenvalue weighted by molar-refractivity contribution is 5.19. The average molecular weight is 191 g/mol. The fourth-order valence-corrected chi connectivity index (χ4v) is 2.09. The maximum Gasteiger partial charge on any atom is 0.0943 e. The summed E-state index contributed by atoms with van der Waals surface area (Å²) in [6.45, 7) is 2.16. The summed E-state index contributed by atoms with van der Waals surface area (Å²) in [5.74, 6) is 0. The minimum atomic E-state index is -0.360. The van der Waals surface area contributed by atoms with Crippen LogP contribution in [0.25, 0.3) is 0 Å². The minimum Gasteiger partial charge on any atom is -0.387 e. The van der Waals surface area contributed by atoms with E-state index in [1.165, 1.54) is 0 Å². The number of aliphatic hydroxyl groups excluding tert-OH is 1. The molecule has 1 aromatic rings. The molecule has 2 N–H and O–H groups in total. The summed E-state index contributed by atoms with van der Waals surface area (Å²) in [7, 11) is 0. The molecule has 0 radical (unpaired) electrons. The SMILES string of the molecule is C[C@H]1CC[C@@H]([C@@H](O)c2ccccc2)N1. The Labute approximate surface area is 85.0 Å². The van der Waals surface area contributed by atoms with Gasteiger partial charge in [0.15, 0.2) is 0 Å². The van der Waals surface area contributed by atoms with Gasteiger partial charge in [-0.1, -0.05) is 30.3 Å². The number of aliphatic hydroxyl groups is 1. The first-order valence-electron chi connectivity index (χ1n) is 5.26. The van der Waals surface area contributed by atoms with Crippen molar-refractivity contribution in [2.75, 3.05) is 0 Å². The van der Waals surface area contributed by atoms with Gasteiger partial charge >= 0.3 is 0 Å². The van der Waals surface area contributed by atoms with E-state index in [-0.39, 0.29) is 12.1 Å². The topological polar surface area (TPSA) is 32.3 Å². The van der Waals surface area contributed by atoms with Gasteiger partial charge in [0.2, 0.25) is 0 Å². The second kappa shape index (κ2) is 4.11. The zero-order chi connectivity index (χ0) is 9.97. The predicted octanol–water partition coefficient (Wildman–Crippen LogP) is 1.86. The summed E-state index contributed by atoms with van der Waals surface area (Å²) in [5, 5.41) is 13.5. The van der Waals surface area contributed by atoms with Crippen LogP contribution in [0.3, 0.4) is 0 Å². The van der Waals surface area contributed by atoms with Crippen LogP contribution in [0.2, 0.25) is 0 Å². The summed E-state index contributed by atoms with van der Waals surface area (Å²) >= 11 is 0. The van der Waals surface area contributed by atoms with Crippen molar-refractivity contribution >= 4 is 0 Å². The van der Waals surface area contributed by atoms with Gasteiger partial charge in [0.05, 0.1) is 6.10 Å². The first kappa shape index (κ1) is 9.69. The van der Waals surface area contributed by atoms with Crippen LogP contribution in [0.4, 0.5) is 0 Å². The van der Waals surface area contributed by atoms with E-state index in [0.29, 0.717) is 6.04 Å². The molecule has 0 unspecified atom stereocenters. The smallest absolute Gasteiger partial charge is 0.0943 e. The van der Waals surface area contributed by atoms with Crippen molar-refractivity contribution in [2.45, 2.75) is 38.0 Å². The van der Waals surface area contributed by atoms with Crippen LogP contribution < -0.4 is 5.32 Å². The molecule has 14 heavy (non-hydrogen) atoms. The van der Waals surface area contributed by atoms with Gasteiger partial charge in [-0.3, -0.25) is 0 Å². The maximum absolute atomic E-state index is 10.1. The molecule has 2 nitrogen and oxygen atoms in total. The Kier molecular flexibility index (Phi) is 2.85. The number of hydrogen-bond acceptors (Lipinski definition) is 2. The number of rotatable bonds is 2. The molecule has 1 fully saturated rings. The van der Waals surface area contributed by atoms with Crippen LogP contribution in [-0.2, 0) is 0 Å². The lowest BCUT2D eigenvalue weighted by molar-refractivity contribution is 0.135. The van der Waals surface area contributed by atoms with Crippen LogP contribution in [0.1, 0.15) is 31.4 Å². The molecule has 0 amide bonds. The molecule has 0 bridgehead atoms. The molecule has 1 aliphatic rings. The molecule has 0 spiro atoms.